The van der Waals surface area contributed by atoms with Crippen LogP contribution in [0.25, 0.3) is 11.4 Å². The normalized spacial score (nSPS) is 13.7. The number of aromatic nitrogens is 2. The van der Waals surface area contributed by atoms with E-state index in [1.165, 1.54) is 0 Å². The predicted molar refractivity (Wildman–Crippen MR) is 109 cm³/mol. The molecule has 0 aliphatic rings. The van der Waals surface area contributed by atoms with Crippen LogP contribution in [0, 0.1) is 5.92 Å². The minimum absolute atomic E-state index is 0.0402. The van der Waals surface area contributed by atoms with Gasteiger partial charge in [-0.25, -0.2) is 0 Å². The lowest BCUT2D eigenvalue weighted by Gasteiger charge is -2.21. The van der Waals surface area contributed by atoms with E-state index in [2.05, 4.69) is 31.4 Å². The third-order valence-corrected chi connectivity index (χ3v) is 5.31. The maximum Gasteiger partial charge on any atom is 0.416 e. The van der Waals surface area contributed by atoms with Gasteiger partial charge in [-0.2, -0.15) is 18.2 Å². The van der Waals surface area contributed by atoms with Crippen molar-refractivity contribution in [2.24, 2.45) is 5.92 Å². The molecule has 158 valence electrons. The standard InChI is InChI=1S/C21H19BrF3N3O2/c1-3-12(2)17(20-27-18(28-30-20)13-6-10-16(22)11-7-13)26-19(29)14-4-8-15(9-5-14)21(23,24)25/h4-12,17H,3H2,1-2H3,(H,26,29)/t12-,17-/m0/s1. The lowest BCUT2D eigenvalue weighted by Crippen LogP contribution is -2.32. The van der Waals surface area contributed by atoms with Crippen molar-refractivity contribution < 1.29 is 22.5 Å². The summed E-state index contributed by atoms with van der Waals surface area (Å²) in [6.45, 7) is 3.87. The molecule has 3 rings (SSSR count). The average Bonchev–Trinajstić information content (AvgIpc) is 3.21. The SMILES string of the molecule is CC[C@H](C)[C@H](NC(=O)c1ccc(C(F)(F)F)cc1)c1nc(-c2ccc(Br)cc2)no1. The third-order valence-electron chi connectivity index (χ3n) is 4.78. The largest absolute Gasteiger partial charge is 0.416 e. The molecule has 0 radical (unpaired) electrons. The van der Waals surface area contributed by atoms with Crippen LogP contribution in [-0.2, 0) is 6.18 Å². The first-order chi connectivity index (χ1) is 14.2. The Morgan fingerprint density at radius 2 is 1.77 bits per heavy atom. The zero-order valence-electron chi connectivity index (χ0n) is 16.2. The second-order valence-corrected chi connectivity index (χ2v) is 7.79. The van der Waals surface area contributed by atoms with Crippen molar-refractivity contribution in [2.75, 3.05) is 0 Å². The summed E-state index contributed by atoms with van der Waals surface area (Å²) in [7, 11) is 0. The van der Waals surface area contributed by atoms with Gasteiger partial charge >= 0.3 is 6.18 Å². The van der Waals surface area contributed by atoms with Crippen molar-refractivity contribution in [3.63, 3.8) is 0 Å². The van der Waals surface area contributed by atoms with Gasteiger partial charge < -0.3 is 9.84 Å². The van der Waals surface area contributed by atoms with Crippen LogP contribution in [0.2, 0.25) is 0 Å². The molecule has 2 atom stereocenters. The van der Waals surface area contributed by atoms with Gasteiger partial charge in [0.15, 0.2) is 0 Å². The van der Waals surface area contributed by atoms with Crippen molar-refractivity contribution in [1.29, 1.82) is 0 Å². The highest BCUT2D eigenvalue weighted by Gasteiger charge is 2.31. The van der Waals surface area contributed by atoms with Crippen LogP contribution in [0.4, 0.5) is 13.2 Å². The first-order valence-corrected chi connectivity index (χ1v) is 10.1. The fourth-order valence-corrected chi connectivity index (χ4v) is 3.06. The van der Waals surface area contributed by atoms with Crippen molar-refractivity contribution >= 4 is 21.8 Å². The highest BCUT2D eigenvalue weighted by Crippen LogP contribution is 2.30. The van der Waals surface area contributed by atoms with Gasteiger partial charge in [0.25, 0.3) is 5.91 Å². The van der Waals surface area contributed by atoms with E-state index in [9.17, 15) is 18.0 Å². The Labute approximate surface area is 179 Å². The summed E-state index contributed by atoms with van der Waals surface area (Å²) in [5.41, 5.74) is 0.0580. The number of nitrogens with zero attached hydrogens (tertiary/aromatic N) is 2. The first-order valence-electron chi connectivity index (χ1n) is 9.26. The predicted octanol–water partition coefficient (Wildman–Crippen LogP) is 6.04. The molecule has 0 saturated heterocycles. The second kappa shape index (κ2) is 8.99. The molecule has 2 aromatic carbocycles. The molecule has 0 aliphatic heterocycles. The van der Waals surface area contributed by atoms with E-state index in [4.69, 9.17) is 4.52 Å². The molecule has 1 heterocycles. The monoisotopic (exact) mass is 481 g/mol. The zero-order valence-corrected chi connectivity index (χ0v) is 17.8. The van der Waals surface area contributed by atoms with E-state index >= 15 is 0 Å². The first kappa shape index (κ1) is 22.0. The Hall–Kier alpha value is -2.68. The van der Waals surface area contributed by atoms with Crippen LogP contribution in [-0.4, -0.2) is 16.0 Å². The smallest absolute Gasteiger partial charge is 0.340 e. The summed E-state index contributed by atoms with van der Waals surface area (Å²) in [4.78, 5) is 17.1. The fraction of sp³-hybridized carbons (Fsp3) is 0.286. The van der Waals surface area contributed by atoms with Gasteiger partial charge in [0.1, 0.15) is 6.04 Å². The van der Waals surface area contributed by atoms with Crippen LogP contribution in [0.3, 0.4) is 0 Å². The lowest BCUT2D eigenvalue weighted by molar-refractivity contribution is -0.137. The van der Waals surface area contributed by atoms with E-state index in [0.717, 1.165) is 34.3 Å². The fourth-order valence-electron chi connectivity index (χ4n) is 2.80. The molecule has 1 N–H and O–H groups in total. The molecule has 5 nitrogen and oxygen atoms in total. The maximum atomic E-state index is 12.7. The third kappa shape index (κ3) is 5.08. The number of benzene rings is 2. The summed E-state index contributed by atoms with van der Waals surface area (Å²) in [5.74, 6) is 0.0659. The van der Waals surface area contributed by atoms with E-state index < -0.39 is 23.7 Å². The number of hydrogen-bond donors (Lipinski definition) is 1. The molecule has 0 aliphatic carbocycles. The molecule has 0 bridgehead atoms. The summed E-state index contributed by atoms with van der Waals surface area (Å²) >= 11 is 3.37. The number of carbonyl (C=O) groups excluding carboxylic acids is 1. The molecule has 0 unspecified atom stereocenters. The second-order valence-electron chi connectivity index (χ2n) is 6.87. The van der Waals surface area contributed by atoms with Crippen molar-refractivity contribution in [3.8, 4) is 11.4 Å². The van der Waals surface area contributed by atoms with Crippen LogP contribution < -0.4 is 5.32 Å². The van der Waals surface area contributed by atoms with E-state index in [0.29, 0.717) is 12.2 Å². The minimum Gasteiger partial charge on any atom is -0.340 e. The van der Waals surface area contributed by atoms with Crippen molar-refractivity contribution in [2.45, 2.75) is 32.5 Å². The molecule has 1 amide bonds. The van der Waals surface area contributed by atoms with Crippen molar-refractivity contribution in [1.82, 2.24) is 15.5 Å². The Morgan fingerprint density at radius 1 is 1.13 bits per heavy atom. The molecule has 9 heteroatoms. The van der Waals surface area contributed by atoms with Crippen molar-refractivity contribution in [3.05, 3.63) is 70.0 Å². The van der Waals surface area contributed by atoms with Gasteiger partial charge in [0.05, 0.1) is 5.56 Å². The number of rotatable bonds is 6. The van der Waals surface area contributed by atoms with Gasteiger partial charge in [0.2, 0.25) is 11.7 Å². The van der Waals surface area contributed by atoms with Gasteiger partial charge in [-0.05, 0) is 54.4 Å². The Morgan fingerprint density at radius 3 is 2.33 bits per heavy atom. The number of alkyl halides is 3. The van der Waals surface area contributed by atoms with Crippen LogP contribution in [0.5, 0.6) is 0 Å². The molecule has 3 aromatic rings. The molecule has 0 spiro atoms. The van der Waals surface area contributed by atoms with E-state index in [1.807, 2.05) is 38.1 Å². The van der Waals surface area contributed by atoms with Gasteiger partial charge in [0, 0.05) is 15.6 Å². The number of hydrogen-bond acceptors (Lipinski definition) is 4. The number of amides is 1. The molecule has 1 aromatic heterocycles. The number of carbonyl (C=O) groups is 1. The topological polar surface area (TPSA) is 68.0 Å². The highest BCUT2D eigenvalue weighted by atomic mass is 79.9. The number of nitrogens with one attached hydrogen (secondary N) is 1. The van der Waals surface area contributed by atoms with Gasteiger partial charge in [-0.3, -0.25) is 4.79 Å². The average molecular weight is 482 g/mol. The highest BCUT2D eigenvalue weighted by molar-refractivity contribution is 9.10. The van der Waals surface area contributed by atoms with Crippen LogP contribution >= 0.6 is 15.9 Å². The summed E-state index contributed by atoms with van der Waals surface area (Å²) < 4.78 is 44.5. The number of halogens is 4. The van der Waals surface area contributed by atoms with Crippen LogP contribution in [0.1, 0.15) is 48.1 Å². The zero-order chi connectivity index (χ0) is 21.9. The molecular formula is C21H19BrF3N3O2. The van der Waals surface area contributed by atoms with Crippen LogP contribution in [0.15, 0.2) is 57.5 Å². The Balaban J connectivity index is 1.81. The van der Waals surface area contributed by atoms with Gasteiger partial charge in [-0.15, -0.1) is 0 Å². The molecule has 30 heavy (non-hydrogen) atoms. The van der Waals surface area contributed by atoms with E-state index in [1.54, 1.807) is 0 Å². The summed E-state index contributed by atoms with van der Waals surface area (Å²) in [6, 6.07) is 10.8. The Kier molecular flexibility index (Phi) is 6.60. The molecule has 0 saturated carbocycles. The lowest BCUT2D eigenvalue weighted by atomic mass is 9.98. The van der Waals surface area contributed by atoms with Gasteiger partial charge in [-0.1, -0.05) is 41.4 Å². The minimum atomic E-state index is -4.46. The summed E-state index contributed by atoms with van der Waals surface area (Å²) in [5, 5.41) is 6.80. The molecular weight excluding hydrogens is 463 g/mol. The Bertz CT molecular complexity index is 1000. The quantitative estimate of drug-likeness (QED) is 0.466. The van der Waals surface area contributed by atoms with E-state index in [-0.39, 0.29) is 17.4 Å². The maximum absolute atomic E-state index is 12.7. The molecule has 0 fully saturated rings. The summed E-state index contributed by atoms with van der Waals surface area (Å²) in [6.07, 6.45) is -3.74.